The van der Waals surface area contributed by atoms with Gasteiger partial charge in [0, 0.05) is 6.58 Å². The van der Waals surface area contributed by atoms with Crippen molar-refractivity contribution >= 4 is 5.87 Å². The molecule has 2 heteroatoms. The smallest absolute Gasteiger partial charge is 0.169 e. The van der Waals surface area contributed by atoms with Crippen LogP contribution in [0.15, 0.2) is 6.58 Å². The van der Waals surface area contributed by atoms with Crippen LogP contribution in [0.4, 0.5) is 0 Å². The Kier molecular flexibility index (Phi) is 1.83. The van der Waals surface area contributed by atoms with Gasteiger partial charge >= 0.3 is 0 Å². The molecule has 0 aromatic carbocycles. The normalized spacial score (nSPS) is 4.00. The molecular formula is C2H3NO. The standard InChI is InChI=1S/C2H3NO/c1-2-3-4/h3H,1H2. The highest BCUT2D eigenvalue weighted by Gasteiger charge is 1.20. The molecule has 22 valence electrons. The molecule has 0 heterocycles. The highest BCUT2D eigenvalue weighted by molar-refractivity contribution is 5.38. The van der Waals surface area contributed by atoms with Crippen LogP contribution in [0, 0.1) is 5.21 Å². The summed E-state index contributed by atoms with van der Waals surface area (Å²) < 4.78 is 0. The number of hydrogen-bond donors (Lipinski definition) is 1. The van der Waals surface area contributed by atoms with Gasteiger partial charge in [0.05, 0.1) is 0 Å². The second-order valence-corrected chi connectivity index (χ2v) is 0.279. The first-order valence-electron chi connectivity index (χ1n) is 0.808. The zero-order valence-corrected chi connectivity index (χ0v) is 2.12. The molecule has 0 amide bonds. The maximum absolute atomic E-state index is 8.88. The fraction of sp³-hybridized carbons (Fsp3) is 0. The Morgan fingerprint density at radius 2 is 2.25 bits per heavy atom. The molecule has 0 saturated carbocycles. The summed E-state index contributed by atoms with van der Waals surface area (Å²) in [5, 5.41) is 10.2. The van der Waals surface area contributed by atoms with Crippen LogP contribution in [0.5, 0.6) is 0 Å². The molecule has 2 nitrogen and oxygen atoms in total. The number of hydrogen-bond acceptors (Lipinski definition) is 1. The second kappa shape index (κ2) is 2.25. The summed E-state index contributed by atoms with van der Waals surface area (Å²) in [4.78, 5) is 0. The summed E-state index contributed by atoms with van der Waals surface area (Å²) in [7, 11) is 0. The molecule has 1 N–H and O–H groups in total. The molecule has 0 aliphatic heterocycles. The van der Waals surface area contributed by atoms with Crippen LogP contribution < -0.4 is 5.16 Å². The Morgan fingerprint density at radius 1 is 2.00 bits per heavy atom. The van der Waals surface area contributed by atoms with Crippen molar-refractivity contribution in [2.24, 2.45) is 0 Å². The summed E-state index contributed by atoms with van der Waals surface area (Å²) in [5.74, 6) is 1.88. The lowest BCUT2D eigenvalue weighted by molar-refractivity contribution is -0.363. The van der Waals surface area contributed by atoms with Gasteiger partial charge in [0.1, 0.15) is 0 Å². The molecule has 0 atom stereocenters. The molecule has 0 aromatic rings. The van der Waals surface area contributed by atoms with Gasteiger partial charge in [0.15, 0.2) is 5.87 Å². The molecule has 0 unspecified atom stereocenters. The largest absolute Gasteiger partial charge is 0.617 e. The third-order valence-electron chi connectivity index (χ3n) is 0.0722. The molecule has 0 aliphatic rings. The van der Waals surface area contributed by atoms with Gasteiger partial charge in [-0.2, -0.15) is 5.16 Å². The topological polar surface area (TPSA) is 37.0 Å². The second-order valence-electron chi connectivity index (χ2n) is 0.279. The van der Waals surface area contributed by atoms with E-state index in [2.05, 4.69) is 6.58 Å². The maximum atomic E-state index is 8.88. The first-order valence-corrected chi connectivity index (χ1v) is 0.808. The minimum Gasteiger partial charge on any atom is -0.617 e. The Balaban J connectivity index is 3.11. The summed E-state index contributed by atoms with van der Waals surface area (Å²) in [6.07, 6.45) is 0. The van der Waals surface area contributed by atoms with Crippen LogP contribution >= 0.6 is 0 Å². The van der Waals surface area contributed by atoms with Crippen molar-refractivity contribution in [2.75, 3.05) is 0 Å². The molecule has 0 fully saturated rings. The number of rotatable bonds is 0. The third kappa shape index (κ3) is 1.25. The van der Waals surface area contributed by atoms with Gasteiger partial charge < -0.3 is 5.21 Å². The van der Waals surface area contributed by atoms with Gasteiger partial charge in [-0.25, -0.2) is 0 Å². The average Bonchev–Trinajstić information content (AvgIpc) is 1.37. The summed E-state index contributed by atoms with van der Waals surface area (Å²) in [6.45, 7) is 2.93. The lowest BCUT2D eigenvalue weighted by atomic mass is 11.2. The maximum Gasteiger partial charge on any atom is 0.169 e. The van der Waals surface area contributed by atoms with E-state index in [4.69, 9.17) is 5.21 Å². The SMILES string of the molecule is C=C=[NH+][O-]. The predicted molar refractivity (Wildman–Crippen MR) is 15.0 cm³/mol. The minimum absolute atomic E-state index is 1.32. The van der Waals surface area contributed by atoms with E-state index in [1.165, 1.54) is 5.16 Å². The van der Waals surface area contributed by atoms with Crippen LogP contribution in [0.25, 0.3) is 0 Å². The zero-order chi connectivity index (χ0) is 3.41. The van der Waals surface area contributed by atoms with E-state index >= 15 is 0 Å². The van der Waals surface area contributed by atoms with E-state index < -0.39 is 0 Å². The van der Waals surface area contributed by atoms with Crippen molar-refractivity contribution in [2.45, 2.75) is 0 Å². The first-order chi connectivity index (χ1) is 1.91. The van der Waals surface area contributed by atoms with E-state index in [0.29, 0.717) is 0 Å². The summed E-state index contributed by atoms with van der Waals surface area (Å²) in [5.41, 5.74) is 0. The van der Waals surface area contributed by atoms with Crippen molar-refractivity contribution in [1.29, 1.82) is 0 Å². The van der Waals surface area contributed by atoms with Gasteiger partial charge in [-0.15, -0.1) is 0 Å². The quantitative estimate of drug-likeness (QED) is 0.203. The van der Waals surface area contributed by atoms with E-state index in [-0.39, 0.29) is 0 Å². The molecule has 4 heavy (non-hydrogen) atoms. The van der Waals surface area contributed by atoms with Crippen molar-refractivity contribution in [1.82, 2.24) is 0 Å². The molecule has 0 aliphatic carbocycles. The van der Waals surface area contributed by atoms with Crippen molar-refractivity contribution < 1.29 is 5.16 Å². The summed E-state index contributed by atoms with van der Waals surface area (Å²) in [6, 6.07) is 0. The van der Waals surface area contributed by atoms with Gasteiger partial charge in [-0.1, -0.05) is 0 Å². The lowest BCUT2D eigenvalue weighted by Crippen LogP contribution is -2.57. The van der Waals surface area contributed by atoms with Crippen LogP contribution in [-0.2, 0) is 0 Å². The Morgan fingerprint density at radius 3 is 2.25 bits per heavy atom. The van der Waals surface area contributed by atoms with Gasteiger partial charge in [-0.3, -0.25) is 0 Å². The molecule has 0 bridgehead atoms. The van der Waals surface area contributed by atoms with Crippen molar-refractivity contribution in [3.8, 4) is 0 Å². The summed E-state index contributed by atoms with van der Waals surface area (Å²) >= 11 is 0. The monoisotopic (exact) mass is 57.0 g/mol. The molecule has 0 radical (unpaired) electrons. The van der Waals surface area contributed by atoms with Crippen LogP contribution in [0.1, 0.15) is 0 Å². The van der Waals surface area contributed by atoms with Crippen LogP contribution in [0.2, 0.25) is 0 Å². The molecule has 0 aromatic heterocycles. The lowest BCUT2D eigenvalue weighted by Gasteiger charge is -1.57. The van der Waals surface area contributed by atoms with E-state index in [0.717, 1.165) is 0 Å². The Bertz CT molecular complexity index is 44.0. The predicted octanol–water partition coefficient (Wildman–Crippen LogP) is -1.58. The third-order valence-corrected chi connectivity index (χ3v) is 0.0722. The van der Waals surface area contributed by atoms with E-state index in [1.54, 1.807) is 0 Å². The van der Waals surface area contributed by atoms with Crippen LogP contribution in [-0.4, -0.2) is 5.87 Å². The highest BCUT2D eigenvalue weighted by atomic mass is 16.4. The average molecular weight is 57.1 g/mol. The highest BCUT2D eigenvalue weighted by Crippen LogP contribution is 0.817. The van der Waals surface area contributed by atoms with Gasteiger partial charge in [-0.05, 0) is 0 Å². The molecule has 0 rings (SSSR count). The molecule has 0 spiro atoms. The fourth-order valence-corrected chi connectivity index (χ4v) is 0. The van der Waals surface area contributed by atoms with Crippen molar-refractivity contribution in [3.63, 3.8) is 0 Å². The minimum atomic E-state index is 1.32. The van der Waals surface area contributed by atoms with E-state index in [1.807, 2.05) is 5.87 Å². The van der Waals surface area contributed by atoms with E-state index in [9.17, 15) is 0 Å². The fourth-order valence-electron chi connectivity index (χ4n) is 0. The first kappa shape index (κ1) is 3.25. The van der Waals surface area contributed by atoms with Gasteiger partial charge in [0.25, 0.3) is 0 Å². The Hall–Kier alpha value is -0.750. The van der Waals surface area contributed by atoms with Crippen molar-refractivity contribution in [3.05, 3.63) is 11.8 Å². The van der Waals surface area contributed by atoms with Crippen LogP contribution in [0.3, 0.4) is 0 Å². The number of nitrogens with one attached hydrogen (secondary N) is 1. The molecular weight excluding hydrogens is 54.0 g/mol. The Labute approximate surface area is 24.1 Å². The zero-order valence-electron chi connectivity index (χ0n) is 2.12. The van der Waals surface area contributed by atoms with Gasteiger partial charge in [0.2, 0.25) is 0 Å². The molecule has 0 saturated heterocycles.